The van der Waals surface area contributed by atoms with Crippen LogP contribution in [0.1, 0.15) is 39.4 Å². The highest BCUT2D eigenvalue weighted by Crippen LogP contribution is 2.43. The van der Waals surface area contributed by atoms with Gasteiger partial charge in [0.15, 0.2) is 0 Å². The fraction of sp³-hybridized carbons (Fsp3) is 0.345. The number of amides is 1. The van der Waals surface area contributed by atoms with Crippen molar-refractivity contribution in [3.8, 4) is 5.75 Å². The van der Waals surface area contributed by atoms with Crippen LogP contribution in [-0.2, 0) is 6.54 Å². The van der Waals surface area contributed by atoms with E-state index in [0.29, 0.717) is 11.8 Å². The maximum absolute atomic E-state index is 13.5. The number of carbonyl (C=O) groups excluding carboxylic acids is 1. The Morgan fingerprint density at radius 1 is 0.970 bits per heavy atom. The lowest BCUT2D eigenvalue weighted by molar-refractivity contribution is 0.0614. The fourth-order valence-electron chi connectivity index (χ4n) is 5.68. The van der Waals surface area contributed by atoms with Crippen LogP contribution < -0.4 is 4.74 Å². The monoisotopic (exact) mass is 440 g/mol. The first-order valence-corrected chi connectivity index (χ1v) is 11.9. The molecule has 0 radical (unpaired) electrons. The van der Waals surface area contributed by atoms with Crippen LogP contribution in [0.2, 0.25) is 0 Å². The minimum Gasteiger partial charge on any atom is -0.497 e. The molecule has 1 amide bonds. The van der Waals surface area contributed by atoms with Gasteiger partial charge in [-0.25, -0.2) is 0 Å². The van der Waals surface area contributed by atoms with Gasteiger partial charge in [0.25, 0.3) is 5.91 Å². The number of hydrogen-bond donors (Lipinski definition) is 0. The van der Waals surface area contributed by atoms with E-state index < -0.39 is 0 Å². The third-order valence-electron chi connectivity index (χ3n) is 7.47. The highest BCUT2D eigenvalue weighted by molar-refractivity contribution is 5.94. The van der Waals surface area contributed by atoms with Gasteiger partial charge in [-0.15, -0.1) is 0 Å². The normalized spacial score (nSPS) is 22.7. The van der Waals surface area contributed by atoms with Crippen molar-refractivity contribution >= 4 is 5.91 Å². The second-order valence-electron chi connectivity index (χ2n) is 9.39. The van der Waals surface area contributed by atoms with E-state index in [2.05, 4.69) is 59.2 Å². The first-order chi connectivity index (χ1) is 16.1. The summed E-state index contributed by atoms with van der Waals surface area (Å²) in [5.41, 5.74) is 4.79. The van der Waals surface area contributed by atoms with Gasteiger partial charge in [-0.3, -0.25) is 9.69 Å². The number of hydrogen-bond acceptors (Lipinski definition) is 3. The Labute approximate surface area is 196 Å². The molecule has 0 N–H and O–H groups in total. The van der Waals surface area contributed by atoms with Crippen molar-refractivity contribution in [3.63, 3.8) is 0 Å². The molecule has 2 aliphatic rings. The highest BCUT2D eigenvalue weighted by atomic mass is 16.5. The molecule has 33 heavy (non-hydrogen) atoms. The molecule has 3 aromatic carbocycles. The fourth-order valence-corrected chi connectivity index (χ4v) is 5.68. The largest absolute Gasteiger partial charge is 0.497 e. The van der Waals surface area contributed by atoms with Gasteiger partial charge in [0.05, 0.1) is 7.11 Å². The van der Waals surface area contributed by atoms with Gasteiger partial charge in [0, 0.05) is 49.6 Å². The summed E-state index contributed by atoms with van der Waals surface area (Å²) >= 11 is 0. The smallest absolute Gasteiger partial charge is 0.254 e. The van der Waals surface area contributed by atoms with Gasteiger partial charge in [-0.2, -0.15) is 0 Å². The number of benzene rings is 3. The first-order valence-electron chi connectivity index (χ1n) is 11.9. The minimum atomic E-state index is 0.156. The zero-order chi connectivity index (χ0) is 22.8. The molecule has 0 spiro atoms. The Morgan fingerprint density at radius 2 is 1.76 bits per heavy atom. The number of fused-ring (bicyclic) bond motifs is 1. The molecular weight excluding hydrogens is 408 g/mol. The minimum absolute atomic E-state index is 0.156. The van der Waals surface area contributed by atoms with Crippen molar-refractivity contribution < 1.29 is 9.53 Å². The quantitative estimate of drug-likeness (QED) is 0.551. The number of methoxy groups -OCH3 is 1. The predicted molar refractivity (Wildman–Crippen MR) is 132 cm³/mol. The summed E-state index contributed by atoms with van der Waals surface area (Å²) in [4.78, 5) is 18.2. The van der Waals surface area contributed by atoms with Gasteiger partial charge >= 0.3 is 0 Å². The van der Waals surface area contributed by atoms with E-state index in [4.69, 9.17) is 4.74 Å². The van der Waals surface area contributed by atoms with Crippen LogP contribution in [0.5, 0.6) is 5.75 Å². The number of aryl methyl sites for hydroxylation is 1. The van der Waals surface area contributed by atoms with Crippen LogP contribution >= 0.6 is 0 Å². The van der Waals surface area contributed by atoms with Gasteiger partial charge < -0.3 is 9.64 Å². The van der Waals surface area contributed by atoms with Crippen LogP contribution in [0.25, 0.3) is 0 Å². The van der Waals surface area contributed by atoms with Crippen LogP contribution in [0.3, 0.4) is 0 Å². The van der Waals surface area contributed by atoms with E-state index in [9.17, 15) is 4.79 Å². The zero-order valence-electron chi connectivity index (χ0n) is 19.5. The van der Waals surface area contributed by atoms with E-state index in [0.717, 1.165) is 43.9 Å². The maximum Gasteiger partial charge on any atom is 0.254 e. The summed E-state index contributed by atoms with van der Waals surface area (Å²) in [5, 5.41) is 0. The molecule has 0 aliphatic carbocycles. The van der Waals surface area contributed by atoms with Gasteiger partial charge in [-0.05, 0) is 54.3 Å². The van der Waals surface area contributed by atoms with Crippen LogP contribution in [-0.4, -0.2) is 48.5 Å². The molecule has 170 valence electrons. The van der Waals surface area contributed by atoms with Crippen molar-refractivity contribution in [3.05, 3.63) is 101 Å². The Hall–Kier alpha value is -3.11. The molecule has 4 nitrogen and oxygen atoms in total. The van der Waals surface area contributed by atoms with Crippen molar-refractivity contribution in [2.45, 2.75) is 31.8 Å². The molecule has 2 saturated heterocycles. The number of rotatable bonds is 5. The standard InChI is InChI=1S/C29H32N2O2/c1-21-9-6-7-12-24(21)18-30-16-15-28-27(19-30)26(23-13-8-14-25(17-23)33-2)20-31(28)29(32)22-10-4-3-5-11-22/h3-14,17,26-28H,15-16,18-20H2,1-2H3/t26-,27-,28-/m1/s1. The Morgan fingerprint density at radius 3 is 2.55 bits per heavy atom. The second kappa shape index (κ2) is 9.40. The molecule has 2 heterocycles. The number of carbonyl (C=O) groups is 1. The lowest BCUT2D eigenvalue weighted by Crippen LogP contribution is -2.47. The summed E-state index contributed by atoms with van der Waals surface area (Å²) in [7, 11) is 1.71. The predicted octanol–water partition coefficient (Wildman–Crippen LogP) is 5.13. The molecule has 2 aliphatic heterocycles. The van der Waals surface area contributed by atoms with Crippen molar-refractivity contribution in [1.82, 2.24) is 9.80 Å². The molecule has 0 bridgehead atoms. The van der Waals surface area contributed by atoms with E-state index in [1.165, 1.54) is 16.7 Å². The molecule has 0 unspecified atom stereocenters. The molecule has 4 heteroatoms. The molecule has 3 atom stereocenters. The Kier molecular flexibility index (Phi) is 6.19. The molecular formula is C29H32N2O2. The molecule has 2 fully saturated rings. The lowest BCUT2D eigenvalue weighted by atomic mass is 9.81. The molecule has 5 rings (SSSR count). The first kappa shape index (κ1) is 21.7. The summed E-state index contributed by atoms with van der Waals surface area (Å²) < 4.78 is 5.52. The third kappa shape index (κ3) is 4.40. The summed E-state index contributed by atoms with van der Waals surface area (Å²) in [6.45, 7) is 5.93. The average Bonchev–Trinajstić information content (AvgIpc) is 3.24. The topological polar surface area (TPSA) is 32.8 Å². The SMILES string of the molecule is COc1cccc([C@H]2CN(C(=O)c3ccccc3)[C@@H]3CCN(Cc4ccccc4C)C[C@H]23)c1. The van der Waals surface area contributed by atoms with Crippen LogP contribution in [0, 0.1) is 12.8 Å². The van der Waals surface area contributed by atoms with Gasteiger partial charge in [0.2, 0.25) is 0 Å². The zero-order valence-corrected chi connectivity index (χ0v) is 19.5. The van der Waals surface area contributed by atoms with Crippen molar-refractivity contribution in [1.29, 1.82) is 0 Å². The van der Waals surface area contributed by atoms with E-state index in [1.807, 2.05) is 36.4 Å². The Balaban J connectivity index is 1.43. The molecule has 0 saturated carbocycles. The molecule has 3 aromatic rings. The summed E-state index contributed by atoms with van der Waals surface area (Å²) in [5.74, 6) is 1.74. The Bertz CT molecular complexity index is 1110. The van der Waals surface area contributed by atoms with E-state index in [1.54, 1.807) is 7.11 Å². The number of ether oxygens (including phenoxy) is 1. The van der Waals surface area contributed by atoms with Crippen molar-refractivity contribution in [2.24, 2.45) is 5.92 Å². The lowest BCUT2D eigenvalue weighted by Gasteiger charge is -2.39. The molecule has 0 aromatic heterocycles. The van der Waals surface area contributed by atoms with Gasteiger partial charge in [-0.1, -0.05) is 54.6 Å². The highest BCUT2D eigenvalue weighted by Gasteiger charge is 2.47. The summed E-state index contributed by atoms with van der Waals surface area (Å²) in [6, 6.07) is 27.1. The number of likely N-dealkylation sites (tertiary alicyclic amines) is 2. The van der Waals surface area contributed by atoms with Crippen LogP contribution in [0.15, 0.2) is 78.9 Å². The summed E-state index contributed by atoms with van der Waals surface area (Å²) in [6.07, 6.45) is 1.01. The van der Waals surface area contributed by atoms with Crippen molar-refractivity contribution in [2.75, 3.05) is 26.7 Å². The van der Waals surface area contributed by atoms with Crippen LogP contribution in [0.4, 0.5) is 0 Å². The van der Waals surface area contributed by atoms with E-state index in [-0.39, 0.29) is 11.9 Å². The second-order valence-corrected chi connectivity index (χ2v) is 9.39. The van der Waals surface area contributed by atoms with Gasteiger partial charge in [0.1, 0.15) is 5.75 Å². The average molecular weight is 441 g/mol. The third-order valence-corrected chi connectivity index (χ3v) is 7.47. The van der Waals surface area contributed by atoms with E-state index >= 15 is 0 Å². The maximum atomic E-state index is 13.5. The number of nitrogens with zero attached hydrogens (tertiary/aromatic N) is 2. The number of piperidine rings is 1.